The zero-order chi connectivity index (χ0) is 15.4. The van der Waals surface area contributed by atoms with E-state index >= 15 is 0 Å². The SMILES string of the molecule is COc1ccc(CNc2cc([N+](=O)[O-])ccc2F)cc1F. The van der Waals surface area contributed by atoms with Crippen LogP contribution in [0.25, 0.3) is 0 Å². The first kappa shape index (κ1) is 14.7. The average Bonchev–Trinajstić information content (AvgIpc) is 2.46. The van der Waals surface area contributed by atoms with E-state index in [1.807, 2.05) is 0 Å². The fourth-order valence-corrected chi connectivity index (χ4v) is 1.78. The molecule has 0 aliphatic carbocycles. The molecule has 2 rings (SSSR count). The van der Waals surface area contributed by atoms with Crippen molar-refractivity contribution in [2.45, 2.75) is 6.54 Å². The zero-order valence-corrected chi connectivity index (χ0v) is 11.1. The van der Waals surface area contributed by atoms with Crippen LogP contribution in [0, 0.1) is 21.7 Å². The normalized spacial score (nSPS) is 10.2. The number of nitrogens with one attached hydrogen (secondary N) is 1. The van der Waals surface area contributed by atoms with Gasteiger partial charge in [0.2, 0.25) is 0 Å². The molecule has 0 saturated carbocycles. The Bertz CT molecular complexity index is 677. The van der Waals surface area contributed by atoms with Crippen molar-refractivity contribution in [2.24, 2.45) is 0 Å². The predicted molar refractivity (Wildman–Crippen MR) is 73.3 cm³/mol. The predicted octanol–water partition coefficient (Wildman–Crippen LogP) is 3.49. The molecule has 0 atom stereocenters. The summed E-state index contributed by atoms with van der Waals surface area (Å²) < 4.78 is 31.9. The number of non-ortho nitro benzene ring substituents is 1. The Labute approximate surface area is 119 Å². The van der Waals surface area contributed by atoms with Crippen LogP contribution in [0.5, 0.6) is 5.75 Å². The summed E-state index contributed by atoms with van der Waals surface area (Å²) in [6.07, 6.45) is 0. The highest BCUT2D eigenvalue weighted by Gasteiger charge is 2.11. The highest BCUT2D eigenvalue weighted by atomic mass is 19.1. The number of hydrogen-bond donors (Lipinski definition) is 1. The van der Waals surface area contributed by atoms with Gasteiger partial charge in [-0.2, -0.15) is 0 Å². The molecule has 2 aromatic rings. The van der Waals surface area contributed by atoms with Gasteiger partial charge in [0.1, 0.15) is 5.82 Å². The molecule has 110 valence electrons. The van der Waals surface area contributed by atoms with Crippen molar-refractivity contribution in [1.82, 2.24) is 0 Å². The highest BCUT2D eigenvalue weighted by molar-refractivity contribution is 5.52. The molecular weight excluding hydrogens is 282 g/mol. The topological polar surface area (TPSA) is 64.4 Å². The quantitative estimate of drug-likeness (QED) is 0.677. The van der Waals surface area contributed by atoms with E-state index in [4.69, 9.17) is 4.74 Å². The summed E-state index contributed by atoms with van der Waals surface area (Å²) in [4.78, 5) is 10.0. The largest absolute Gasteiger partial charge is 0.494 e. The lowest BCUT2D eigenvalue weighted by Gasteiger charge is -2.09. The molecule has 21 heavy (non-hydrogen) atoms. The minimum Gasteiger partial charge on any atom is -0.494 e. The van der Waals surface area contributed by atoms with Gasteiger partial charge in [-0.1, -0.05) is 6.07 Å². The van der Waals surface area contributed by atoms with Gasteiger partial charge in [-0.3, -0.25) is 10.1 Å². The number of methoxy groups -OCH3 is 1. The molecule has 2 aromatic carbocycles. The number of anilines is 1. The third-order valence-electron chi connectivity index (χ3n) is 2.86. The molecule has 0 spiro atoms. The maximum atomic E-state index is 13.6. The van der Waals surface area contributed by atoms with Crippen molar-refractivity contribution < 1.29 is 18.4 Å². The third-order valence-corrected chi connectivity index (χ3v) is 2.86. The van der Waals surface area contributed by atoms with E-state index in [0.717, 1.165) is 18.2 Å². The van der Waals surface area contributed by atoms with Crippen molar-refractivity contribution in [2.75, 3.05) is 12.4 Å². The smallest absolute Gasteiger partial charge is 0.271 e. The zero-order valence-electron chi connectivity index (χ0n) is 11.1. The molecule has 0 unspecified atom stereocenters. The van der Waals surface area contributed by atoms with E-state index < -0.39 is 16.6 Å². The molecule has 0 aliphatic rings. The van der Waals surface area contributed by atoms with Gasteiger partial charge >= 0.3 is 0 Å². The number of ether oxygens (including phenoxy) is 1. The number of nitro benzene ring substituents is 1. The Hall–Kier alpha value is -2.70. The average molecular weight is 294 g/mol. The Kier molecular flexibility index (Phi) is 4.32. The second-order valence-electron chi connectivity index (χ2n) is 4.24. The lowest BCUT2D eigenvalue weighted by atomic mass is 10.2. The lowest BCUT2D eigenvalue weighted by molar-refractivity contribution is -0.384. The number of rotatable bonds is 5. The number of hydrogen-bond acceptors (Lipinski definition) is 4. The molecule has 0 aromatic heterocycles. The van der Waals surface area contributed by atoms with Crippen LogP contribution in [0.1, 0.15) is 5.56 Å². The van der Waals surface area contributed by atoms with Crippen LogP contribution < -0.4 is 10.1 Å². The van der Waals surface area contributed by atoms with Gasteiger partial charge < -0.3 is 10.1 Å². The van der Waals surface area contributed by atoms with Gasteiger partial charge in [-0.15, -0.1) is 0 Å². The fourth-order valence-electron chi connectivity index (χ4n) is 1.78. The van der Waals surface area contributed by atoms with Crippen LogP contribution >= 0.6 is 0 Å². The Morgan fingerprint density at radius 2 is 1.95 bits per heavy atom. The summed E-state index contributed by atoms with van der Waals surface area (Å²) >= 11 is 0. The van der Waals surface area contributed by atoms with Gasteiger partial charge in [-0.05, 0) is 23.8 Å². The van der Waals surface area contributed by atoms with Gasteiger partial charge in [0.25, 0.3) is 5.69 Å². The van der Waals surface area contributed by atoms with Crippen LogP contribution in [0.2, 0.25) is 0 Å². The molecule has 0 fully saturated rings. The summed E-state index contributed by atoms with van der Waals surface area (Å²) in [7, 11) is 1.36. The Morgan fingerprint density at radius 3 is 2.57 bits per heavy atom. The Morgan fingerprint density at radius 1 is 1.19 bits per heavy atom. The summed E-state index contributed by atoms with van der Waals surface area (Å²) in [5.41, 5.74) is 0.319. The molecule has 0 radical (unpaired) electrons. The summed E-state index contributed by atoms with van der Waals surface area (Å²) in [6, 6.07) is 7.50. The summed E-state index contributed by atoms with van der Waals surface area (Å²) in [5.74, 6) is -1.04. The molecule has 1 N–H and O–H groups in total. The van der Waals surface area contributed by atoms with Crippen LogP contribution in [-0.2, 0) is 6.54 Å². The van der Waals surface area contributed by atoms with Crippen molar-refractivity contribution in [3.8, 4) is 5.75 Å². The molecule has 7 heteroatoms. The third kappa shape index (κ3) is 3.44. The molecule has 0 aliphatic heterocycles. The minimum absolute atomic E-state index is 0.0135. The maximum absolute atomic E-state index is 13.6. The number of nitrogens with zero attached hydrogens (tertiary/aromatic N) is 1. The molecule has 5 nitrogen and oxygen atoms in total. The molecular formula is C14H12F2N2O3. The fraction of sp³-hybridized carbons (Fsp3) is 0.143. The van der Waals surface area contributed by atoms with Crippen molar-refractivity contribution in [3.05, 3.63) is 63.7 Å². The second-order valence-corrected chi connectivity index (χ2v) is 4.24. The van der Waals surface area contributed by atoms with E-state index in [1.54, 1.807) is 6.07 Å². The standard InChI is InChI=1S/C14H12F2N2O3/c1-21-14-5-2-9(6-12(14)16)8-17-13-7-10(18(19)20)3-4-11(13)15/h2-7,17H,8H2,1H3. The maximum Gasteiger partial charge on any atom is 0.271 e. The monoisotopic (exact) mass is 294 g/mol. The summed E-state index contributed by atoms with van der Waals surface area (Å²) in [6.45, 7) is 0.124. The van der Waals surface area contributed by atoms with Crippen LogP contribution in [0.3, 0.4) is 0 Å². The van der Waals surface area contributed by atoms with E-state index in [2.05, 4.69) is 5.32 Å². The van der Waals surface area contributed by atoms with E-state index in [-0.39, 0.29) is 23.7 Å². The number of nitro groups is 1. The number of benzene rings is 2. The second kappa shape index (κ2) is 6.17. The summed E-state index contributed by atoms with van der Waals surface area (Å²) in [5, 5.41) is 13.3. The Balaban J connectivity index is 2.14. The van der Waals surface area contributed by atoms with E-state index in [0.29, 0.717) is 5.56 Å². The first-order chi connectivity index (χ1) is 10.0. The van der Waals surface area contributed by atoms with Gasteiger partial charge in [0.05, 0.1) is 17.7 Å². The van der Waals surface area contributed by atoms with Crippen molar-refractivity contribution in [1.29, 1.82) is 0 Å². The van der Waals surface area contributed by atoms with Crippen LogP contribution in [-0.4, -0.2) is 12.0 Å². The molecule has 0 heterocycles. The molecule has 0 bridgehead atoms. The molecule has 0 saturated heterocycles. The van der Waals surface area contributed by atoms with Crippen LogP contribution in [0.15, 0.2) is 36.4 Å². The van der Waals surface area contributed by atoms with Crippen molar-refractivity contribution in [3.63, 3.8) is 0 Å². The van der Waals surface area contributed by atoms with Gasteiger partial charge in [0, 0.05) is 18.7 Å². The first-order valence-electron chi connectivity index (χ1n) is 6.01. The van der Waals surface area contributed by atoms with Gasteiger partial charge in [-0.25, -0.2) is 8.78 Å². The van der Waals surface area contributed by atoms with Gasteiger partial charge in [0.15, 0.2) is 11.6 Å². The first-order valence-corrected chi connectivity index (χ1v) is 6.01. The van der Waals surface area contributed by atoms with E-state index in [9.17, 15) is 18.9 Å². The molecule has 0 amide bonds. The lowest BCUT2D eigenvalue weighted by Crippen LogP contribution is -2.03. The van der Waals surface area contributed by atoms with Crippen LogP contribution in [0.4, 0.5) is 20.2 Å². The highest BCUT2D eigenvalue weighted by Crippen LogP contribution is 2.23. The number of halogens is 2. The van der Waals surface area contributed by atoms with E-state index in [1.165, 1.54) is 19.2 Å². The minimum atomic E-state index is -0.616. The van der Waals surface area contributed by atoms with Crippen molar-refractivity contribution >= 4 is 11.4 Å².